The normalized spacial score (nSPS) is 15.1. The van der Waals surface area contributed by atoms with Crippen LogP contribution in [0.4, 0.5) is 10.2 Å². The number of fused-ring (bicyclic) bond motifs is 2. The zero-order chi connectivity index (χ0) is 23.1. The van der Waals surface area contributed by atoms with Crippen LogP contribution in [-0.2, 0) is 0 Å². The molecule has 0 radical (unpaired) electrons. The van der Waals surface area contributed by atoms with Crippen LogP contribution in [0.3, 0.4) is 0 Å². The van der Waals surface area contributed by atoms with Crippen molar-refractivity contribution in [2.24, 2.45) is 0 Å². The number of benzene rings is 2. The van der Waals surface area contributed by atoms with E-state index in [0.717, 1.165) is 6.07 Å². The SMILES string of the molecule is CCOc1ccc(C2c3c(oc4ccc(F)cc4c3=O)C(=O)N2c2ccccn2)cc1OC. The highest BCUT2D eigenvalue weighted by Crippen LogP contribution is 2.42. The largest absolute Gasteiger partial charge is 0.493 e. The second-order valence-electron chi connectivity index (χ2n) is 7.42. The van der Waals surface area contributed by atoms with Crippen LogP contribution in [-0.4, -0.2) is 24.6 Å². The van der Waals surface area contributed by atoms with Crippen LogP contribution in [0.5, 0.6) is 11.5 Å². The quantitative estimate of drug-likeness (QED) is 0.450. The van der Waals surface area contributed by atoms with Crippen molar-refractivity contribution < 1.29 is 23.1 Å². The summed E-state index contributed by atoms with van der Waals surface area (Å²) in [6, 6.07) is 13.1. The van der Waals surface area contributed by atoms with Gasteiger partial charge in [-0.15, -0.1) is 0 Å². The molecule has 166 valence electrons. The molecular weight excluding hydrogens is 427 g/mol. The number of carbonyl (C=O) groups excluding carboxylic acids is 1. The summed E-state index contributed by atoms with van der Waals surface area (Å²) in [5, 5.41) is 0.0623. The first-order valence-corrected chi connectivity index (χ1v) is 10.3. The van der Waals surface area contributed by atoms with Crippen molar-refractivity contribution in [1.82, 2.24) is 4.98 Å². The Labute approximate surface area is 188 Å². The molecule has 5 rings (SSSR count). The van der Waals surface area contributed by atoms with Gasteiger partial charge in [0.05, 0.1) is 30.7 Å². The smallest absolute Gasteiger partial charge is 0.296 e. The standard InChI is InChI=1S/C25H19FN2O5/c1-3-32-18-9-7-14(12-19(18)31-2)22-21-23(29)16-13-15(26)8-10-17(16)33-24(21)25(30)28(22)20-6-4-5-11-27-20/h4-13,22H,3H2,1-2H3. The third-order valence-electron chi connectivity index (χ3n) is 5.53. The maximum Gasteiger partial charge on any atom is 0.296 e. The minimum absolute atomic E-state index is 0.0623. The predicted octanol–water partition coefficient (Wildman–Crippen LogP) is 4.48. The maximum absolute atomic E-state index is 13.9. The number of carbonyl (C=O) groups is 1. The highest BCUT2D eigenvalue weighted by Gasteiger charge is 2.44. The topological polar surface area (TPSA) is 81.9 Å². The van der Waals surface area contributed by atoms with E-state index in [2.05, 4.69) is 4.98 Å². The Morgan fingerprint density at radius 3 is 2.67 bits per heavy atom. The molecule has 0 N–H and O–H groups in total. The van der Waals surface area contributed by atoms with Gasteiger partial charge in [0, 0.05) is 6.20 Å². The Morgan fingerprint density at radius 2 is 1.94 bits per heavy atom. The van der Waals surface area contributed by atoms with Crippen LogP contribution in [0.15, 0.2) is 70.0 Å². The Morgan fingerprint density at radius 1 is 1.09 bits per heavy atom. The van der Waals surface area contributed by atoms with Crippen LogP contribution in [0.2, 0.25) is 0 Å². The molecule has 0 spiro atoms. The molecule has 1 atom stereocenters. The van der Waals surface area contributed by atoms with Gasteiger partial charge in [-0.3, -0.25) is 14.5 Å². The van der Waals surface area contributed by atoms with Crippen molar-refractivity contribution in [3.8, 4) is 11.5 Å². The second kappa shape index (κ2) is 8.05. The monoisotopic (exact) mass is 446 g/mol. The number of hydrogen-bond acceptors (Lipinski definition) is 6. The van der Waals surface area contributed by atoms with Crippen molar-refractivity contribution in [3.63, 3.8) is 0 Å². The number of hydrogen-bond donors (Lipinski definition) is 0. The fourth-order valence-corrected chi connectivity index (χ4v) is 4.12. The number of pyridine rings is 1. The first kappa shape index (κ1) is 20.7. The van der Waals surface area contributed by atoms with E-state index in [0.29, 0.717) is 29.5 Å². The molecule has 2 aromatic heterocycles. The van der Waals surface area contributed by atoms with Crippen molar-refractivity contribution in [2.45, 2.75) is 13.0 Å². The number of methoxy groups -OCH3 is 1. The lowest BCUT2D eigenvalue weighted by atomic mass is 9.98. The fraction of sp³-hybridized carbons (Fsp3) is 0.160. The molecule has 1 aliphatic heterocycles. The van der Waals surface area contributed by atoms with Crippen molar-refractivity contribution in [1.29, 1.82) is 0 Å². The summed E-state index contributed by atoms with van der Waals surface area (Å²) in [4.78, 5) is 32.7. The zero-order valence-corrected chi connectivity index (χ0v) is 17.9. The highest BCUT2D eigenvalue weighted by atomic mass is 19.1. The third kappa shape index (κ3) is 3.31. The van der Waals surface area contributed by atoms with Gasteiger partial charge in [-0.1, -0.05) is 12.1 Å². The van der Waals surface area contributed by atoms with Crippen LogP contribution in [0, 0.1) is 5.82 Å². The Kier molecular flexibility index (Phi) is 5.05. The summed E-state index contributed by atoms with van der Waals surface area (Å²) in [5.41, 5.74) is 0.376. The minimum Gasteiger partial charge on any atom is -0.493 e. The number of aromatic nitrogens is 1. The van der Waals surface area contributed by atoms with Crippen LogP contribution < -0.4 is 19.8 Å². The molecule has 2 aromatic carbocycles. The van der Waals surface area contributed by atoms with Gasteiger partial charge in [0.2, 0.25) is 5.76 Å². The number of anilines is 1. The molecule has 0 aliphatic carbocycles. The molecule has 1 unspecified atom stereocenters. The number of halogens is 1. The fourth-order valence-electron chi connectivity index (χ4n) is 4.12. The van der Waals surface area contributed by atoms with Crippen LogP contribution in [0.1, 0.15) is 34.6 Å². The zero-order valence-electron chi connectivity index (χ0n) is 17.9. The van der Waals surface area contributed by atoms with Crippen molar-refractivity contribution in [3.05, 3.63) is 93.7 Å². The van der Waals surface area contributed by atoms with Crippen molar-refractivity contribution >= 4 is 22.7 Å². The molecule has 0 bridgehead atoms. The Hall–Kier alpha value is -4.20. The average molecular weight is 446 g/mol. The summed E-state index contributed by atoms with van der Waals surface area (Å²) in [6.07, 6.45) is 1.56. The summed E-state index contributed by atoms with van der Waals surface area (Å²) in [7, 11) is 1.51. The minimum atomic E-state index is -0.851. The molecule has 0 saturated heterocycles. The first-order valence-electron chi connectivity index (χ1n) is 10.3. The summed E-state index contributed by atoms with van der Waals surface area (Å²) < 4.78 is 30.8. The molecule has 33 heavy (non-hydrogen) atoms. The third-order valence-corrected chi connectivity index (χ3v) is 5.53. The molecule has 0 saturated carbocycles. The van der Waals surface area contributed by atoms with Gasteiger partial charge in [-0.25, -0.2) is 9.37 Å². The molecular formula is C25H19FN2O5. The number of amides is 1. The molecule has 4 aromatic rings. The number of rotatable bonds is 5. The molecule has 3 heterocycles. The lowest BCUT2D eigenvalue weighted by molar-refractivity contribution is 0.0970. The molecule has 1 aliphatic rings. The number of nitrogens with zero attached hydrogens (tertiary/aromatic N) is 2. The second-order valence-corrected chi connectivity index (χ2v) is 7.42. The highest BCUT2D eigenvalue weighted by molar-refractivity contribution is 6.10. The van der Waals surface area contributed by atoms with E-state index in [9.17, 15) is 14.0 Å². The van der Waals surface area contributed by atoms with Gasteiger partial charge < -0.3 is 13.9 Å². The van der Waals surface area contributed by atoms with Gasteiger partial charge in [-0.2, -0.15) is 0 Å². The lowest BCUT2D eigenvalue weighted by Crippen LogP contribution is -2.30. The van der Waals surface area contributed by atoms with E-state index < -0.39 is 23.2 Å². The average Bonchev–Trinajstić information content (AvgIpc) is 3.13. The van der Waals surface area contributed by atoms with Gasteiger partial charge in [0.1, 0.15) is 17.2 Å². The summed E-state index contributed by atoms with van der Waals surface area (Å²) >= 11 is 0. The van der Waals surface area contributed by atoms with E-state index in [1.165, 1.54) is 24.1 Å². The van der Waals surface area contributed by atoms with Gasteiger partial charge in [0.15, 0.2) is 16.9 Å². The Balaban J connectivity index is 1.79. The van der Waals surface area contributed by atoms with Gasteiger partial charge in [0.25, 0.3) is 5.91 Å². The van der Waals surface area contributed by atoms with E-state index in [1.807, 2.05) is 6.92 Å². The van der Waals surface area contributed by atoms with Crippen molar-refractivity contribution in [2.75, 3.05) is 18.6 Å². The molecule has 1 amide bonds. The van der Waals surface area contributed by atoms with Gasteiger partial charge >= 0.3 is 0 Å². The Bertz CT molecular complexity index is 1430. The number of ether oxygens (including phenoxy) is 2. The summed E-state index contributed by atoms with van der Waals surface area (Å²) in [5.74, 6) is 0.159. The van der Waals surface area contributed by atoms with E-state index in [-0.39, 0.29) is 22.3 Å². The van der Waals surface area contributed by atoms with Crippen LogP contribution in [0.25, 0.3) is 11.0 Å². The summed E-state index contributed by atoms with van der Waals surface area (Å²) in [6.45, 7) is 2.30. The molecule has 0 fully saturated rings. The van der Waals surface area contributed by atoms with Gasteiger partial charge in [-0.05, 0) is 55.0 Å². The van der Waals surface area contributed by atoms with E-state index >= 15 is 0 Å². The van der Waals surface area contributed by atoms with E-state index in [1.54, 1.807) is 42.6 Å². The maximum atomic E-state index is 13.9. The van der Waals surface area contributed by atoms with E-state index in [4.69, 9.17) is 13.9 Å². The van der Waals surface area contributed by atoms with Crippen LogP contribution >= 0.6 is 0 Å². The molecule has 7 nitrogen and oxygen atoms in total. The predicted molar refractivity (Wildman–Crippen MR) is 119 cm³/mol. The molecule has 8 heteroatoms. The first-order chi connectivity index (χ1) is 16.0. The lowest BCUT2D eigenvalue weighted by Gasteiger charge is -2.24.